The van der Waals surface area contributed by atoms with Gasteiger partial charge in [-0.2, -0.15) is 0 Å². The summed E-state index contributed by atoms with van der Waals surface area (Å²) in [6, 6.07) is 68.3. The molecule has 0 aliphatic rings. The van der Waals surface area contributed by atoms with Gasteiger partial charge in [-0.05, 0) is 93.4 Å². The standard InChI is InChI=1S/C47H32N2O/c1-3-10-33(11-4-1)36-22-27-41(28-23-36)49(43-16-9-15-40(32-43)34-12-5-2-6-13-34)42-29-24-37(25-30-42)35-18-20-39(21-19-35)47-48-45-31-26-38-14-7-8-17-44(38)46(45)50-47/h1-32H. The van der Waals surface area contributed by atoms with Crippen LogP contribution in [0.2, 0.25) is 0 Å². The Morgan fingerprint density at radius 2 is 0.860 bits per heavy atom. The molecule has 0 amide bonds. The first-order chi connectivity index (χ1) is 24.8. The maximum absolute atomic E-state index is 6.29. The second-order valence-electron chi connectivity index (χ2n) is 12.4. The lowest BCUT2D eigenvalue weighted by Crippen LogP contribution is -2.10. The van der Waals surface area contributed by atoms with E-state index in [4.69, 9.17) is 9.40 Å². The summed E-state index contributed by atoms with van der Waals surface area (Å²) in [5.74, 6) is 0.630. The van der Waals surface area contributed by atoms with Crippen LogP contribution in [0, 0.1) is 0 Å². The highest BCUT2D eigenvalue weighted by Crippen LogP contribution is 2.39. The van der Waals surface area contributed by atoms with Gasteiger partial charge in [0.2, 0.25) is 5.89 Å². The van der Waals surface area contributed by atoms with E-state index in [-0.39, 0.29) is 0 Å². The number of fused-ring (bicyclic) bond motifs is 3. The second-order valence-corrected chi connectivity index (χ2v) is 12.4. The minimum absolute atomic E-state index is 0.630. The average molecular weight is 641 g/mol. The second kappa shape index (κ2) is 12.7. The van der Waals surface area contributed by atoms with Crippen LogP contribution in [0.5, 0.6) is 0 Å². The van der Waals surface area contributed by atoms with E-state index in [9.17, 15) is 0 Å². The topological polar surface area (TPSA) is 29.3 Å². The fourth-order valence-electron chi connectivity index (χ4n) is 6.72. The number of benzene rings is 8. The lowest BCUT2D eigenvalue weighted by atomic mass is 10.0. The van der Waals surface area contributed by atoms with E-state index < -0.39 is 0 Å². The molecule has 0 saturated heterocycles. The van der Waals surface area contributed by atoms with Crippen LogP contribution in [0.1, 0.15) is 0 Å². The summed E-state index contributed by atoms with van der Waals surface area (Å²) in [6.45, 7) is 0. The van der Waals surface area contributed by atoms with Crippen LogP contribution < -0.4 is 4.90 Å². The molecule has 0 bridgehead atoms. The molecule has 3 heteroatoms. The Kier molecular flexibility index (Phi) is 7.49. The first-order valence-corrected chi connectivity index (χ1v) is 16.9. The molecule has 0 atom stereocenters. The van der Waals surface area contributed by atoms with E-state index in [0.29, 0.717) is 5.89 Å². The minimum atomic E-state index is 0.630. The Hall–Kier alpha value is -6.71. The van der Waals surface area contributed by atoms with Gasteiger partial charge in [-0.25, -0.2) is 4.98 Å². The summed E-state index contributed by atoms with van der Waals surface area (Å²) in [5.41, 5.74) is 13.0. The predicted octanol–water partition coefficient (Wildman–Crippen LogP) is 13.1. The van der Waals surface area contributed by atoms with E-state index in [1.54, 1.807) is 0 Å². The summed E-state index contributed by atoms with van der Waals surface area (Å²) < 4.78 is 6.29. The molecule has 0 saturated carbocycles. The third kappa shape index (κ3) is 5.61. The van der Waals surface area contributed by atoms with E-state index in [0.717, 1.165) is 55.6 Å². The molecule has 0 aliphatic carbocycles. The predicted molar refractivity (Wildman–Crippen MR) is 208 cm³/mol. The fourth-order valence-corrected chi connectivity index (χ4v) is 6.72. The maximum atomic E-state index is 6.29. The Labute approximate surface area is 291 Å². The van der Waals surface area contributed by atoms with Crippen molar-refractivity contribution >= 4 is 38.9 Å². The van der Waals surface area contributed by atoms with E-state index >= 15 is 0 Å². The highest BCUT2D eigenvalue weighted by Gasteiger charge is 2.15. The van der Waals surface area contributed by atoms with E-state index in [2.05, 4.69) is 181 Å². The van der Waals surface area contributed by atoms with Crippen molar-refractivity contribution in [3.63, 3.8) is 0 Å². The molecule has 9 rings (SSSR count). The molecule has 1 aromatic heterocycles. The Morgan fingerprint density at radius 1 is 0.360 bits per heavy atom. The van der Waals surface area contributed by atoms with Gasteiger partial charge in [-0.1, -0.05) is 140 Å². The van der Waals surface area contributed by atoms with Crippen LogP contribution in [0.15, 0.2) is 199 Å². The summed E-state index contributed by atoms with van der Waals surface area (Å²) in [7, 11) is 0. The number of nitrogens with zero attached hydrogens (tertiary/aromatic N) is 2. The molecule has 0 fully saturated rings. The van der Waals surface area contributed by atoms with E-state index in [1.807, 2.05) is 18.2 Å². The van der Waals surface area contributed by atoms with Crippen LogP contribution in [0.25, 0.3) is 66.7 Å². The van der Waals surface area contributed by atoms with Gasteiger partial charge in [0.1, 0.15) is 5.52 Å². The van der Waals surface area contributed by atoms with Gasteiger partial charge in [-0.15, -0.1) is 0 Å². The Bertz CT molecular complexity index is 2550. The zero-order valence-electron chi connectivity index (χ0n) is 27.3. The molecule has 50 heavy (non-hydrogen) atoms. The highest BCUT2D eigenvalue weighted by molar-refractivity contribution is 6.03. The first kappa shape index (κ1) is 29.4. The number of hydrogen-bond donors (Lipinski definition) is 0. The summed E-state index contributed by atoms with van der Waals surface area (Å²) in [4.78, 5) is 7.12. The number of rotatable bonds is 7. The molecule has 0 unspecified atom stereocenters. The van der Waals surface area contributed by atoms with Crippen molar-refractivity contribution in [2.45, 2.75) is 0 Å². The van der Waals surface area contributed by atoms with Crippen LogP contribution in [-0.2, 0) is 0 Å². The van der Waals surface area contributed by atoms with Crippen molar-refractivity contribution in [2.75, 3.05) is 4.90 Å². The van der Waals surface area contributed by atoms with Crippen LogP contribution in [0.3, 0.4) is 0 Å². The lowest BCUT2D eigenvalue weighted by Gasteiger charge is -2.26. The molecule has 0 aliphatic heterocycles. The molecule has 1 heterocycles. The van der Waals surface area contributed by atoms with Crippen LogP contribution in [0.4, 0.5) is 17.1 Å². The zero-order valence-corrected chi connectivity index (χ0v) is 27.3. The molecular weight excluding hydrogens is 609 g/mol. The molecule has 0 N–H and O–H groups in total. The van der Waals surface area contributed by atoms with Crippen molar-refractivity contribution in [1.29, 1.82) is 0 Å². The van der Waals surface area contributed by atoms with Crippen molar-refractivity contribution in [3.05, 3.63) is 194 Å². The van der Waals surface area contributed by atoms with Crippen molar-refractivity contribution in [1.82, 2.24) is 4.98 Å². The quantitative estimate of drug-likeness (QED) is 0.174. The van der Waals surface area contributed by atoms with Crippen molar-refractivity contribution in [2.24, 2.45) is 0 Å². The van der Waals surface area contributed by atoms with Crippen LogP contribution >= 0.6 is 0 Å². The van der Waals surface area contributed by atoms with Gasteiger partial charge >= 0.3 is 0 Å². The third-order valence-electron chi connectivity index (χ3n) is 9.31. The SMILES string of the molecule is c1ccc(-c2ccc(N(c3ccc(-c4ccc(-c5nc6ccc7ccccc7c6o5)cc4)cc3)c3cccc(-c4ccccc4)c3)cc2)cc1. The molecular formula is C47H32N2O. The Morgan fingerprint density at radius 3 is 1.50 bits per heavy atom. The highest BCUT2D eigenvalue weighted by atomic mass is 16.3. The Balaban J connectivity index is 1.04. The summed E-state index contributed by atoms with van der Waals surface area (Å²) in [5, 5.41) is 2.22. The monoisotopic (exact) mass is 640 g/mol. The summed E-state index contributed by atoms with van der Waals surface area (Å²) >= 11 is 0. The van der Waals surface area contributed by atoms with Gasteiger partial charge in [0.25, 0.3) is 0 Å². The number of hydrogen-bond acceptors (Lipinski definition) is 3. The first-order valence-electron chi connectivity index (χ1n) is 16.9. The average Bonchev–Trinajstić information content (AvgIpc) is 3.65. The van der Waals surface area contributed by atoms with Gasteiger partial charge in [0.05, 0.1) is 0 Å². The normalized spacial score (nSPS) is 11.2. The molecule has 0 radical (unpaired) electrons. The lowest BCUT2D eigenvalue weighted by molar-refractivity contribution is 0.623. The van der Waals surface area contributed by atoms with Gasteiger partial charge in [0, 0.05) is 28.0 Å². The van der Waals surface area contributed by atoms with Crippen molar-refractivity contribution < 1.29 is 4.42 Å². The fraction of sp³-hybridized carbons (Fsp3) is 0. The number of aromatic nitrogens is 1. The third-order valence-corrected chi connectivity index (χ3v) is 9.31. The molecule has 236 valence electrons. The number of oxazole rings is 1. The molecule has 9 aromatic rings. The van der Waals surface area contributed by atoms with Gasteiger partial charge < -0.3 is 9.32 Å². The van der Waals surface area contributed by atoms with Crippen LogP contribution in [-0.4, -0.2) is 4.98 Å². The minimum Gasteiger partial charge on any atom is -0.435 e. The van der Waals surface area contributed by atoms with Gasteiger partial charge in [-0.3, -0.25) is 0 Å². The molecule has 8 aromatic carbocycles. The van der Waals surface area contributed by atoms with E-state index in [1.165, 1.54) is 22.3 Å². The zero-order chi connectivity index (χ0) is 33.3. The molecule has 0 spiro atoms. The number of anilines is 3. The van der Waals surface area contributed by atoms with Gasteiger partial charge in [0.15, 0.2) is 5.58 Å². The van der Waals surface area contributed by atoms with Crippen molar-refractivity contribution in [3.8, 4) is 44.8 Å². The summed E-state index contributed by atoms with van der Waals surface area (Å²) in [6.07, 6.45) is 0. The largest absolute Gasteiger partial charge is 0.435 e. The molecule has 3 nitrogen and oxygen atoms in total. The maximum Gasteiger partial charge on any atom is 0.227 e. The smallest absolute Gasteiger partial charge is 0.227 e.